The van der Waals surface area contributed by atoms with Gasteiger partial charge in [-0.15, -0.1) is 0 Å². The van der Waals surface area contributed by atoms with Gasteiger partial charge in [0.1, 0.15) is 0 Å². The van der Waals surface area contributed by atoms with Crippen LogP contribution in [0.15, 0.2) is 36.5 Å². The van der Waals surface area contributed by atoms with E-state index in [1.165, 1.54) is 193 Å². The van der Waals surface area contributed by atoms with Crippen LogP contribution >= 0.6 is 0 Å². The van der Waals surface area contributed by atoms with Crippen molar-refractivity contribution in [3.63, 3.8) is 0 Å². The van der Waals surface area contributed by atoms with Crippen LogP contribution in [0.2, 0.25) is 0 Å². The van der Waals surface area contributed by atoms with E-state index in [2.05, 4.69) is 55.6 Å². The van der Waals surface area contributed by atoms with E-state index in [0.717, 1.165) is 44.9 Å². The Morgan fingerprint density at radius 3 is 1.11 bits per heavy atom. The molecular weight excluding hydrogens is 675 g/mol. The Hall–Kier alpha value is -1.39. The van der Waals surface area contributed by atoms with Crippen LogP contribution in [0, 0.1) is 0 Å². The quantitative estimate of drug-likeness (QED) is 0.0426. The molecule has 0 bridgehead atoms. The van der Waals surface area contributed by atoms with E-state index in [-0.39, 0.29) is 12.5 Å². The molecule has 0 aromatic heterocycles. The Kier molecular flexibility index (Phi) is 45.8. The van der Waals surface area contributed by atoms with Gasteiger partial charge < -0.3 is 15.5 Å². The summed E-state index contributed by atoms with van der Waals surface area (Å²) in [5.74, 6) is -0.0372. The second-order valence-electron chi connectivity index (χ2n) is 16.9. The van der Waals surface area contributed by atoms with E-state index in [9.17, 15) is 15.0 Å². The Morgan fingerprint density at radius 2 is 0.745 bits per heavy atom. The lowest BCUT2D eigenvalue weighted by atomic mass is 10.0. The first-order valence-electron chi connectivity index (χ1n) is 24.7. The standard InChI is InChI=1S/C51H97NO3/c1-3-5-7-9-10-11-12-13-14-15-16-17-18-19-20-21-22-23-24-25-26-27-28-29-30-31-32-33-34-35-36-37-38-39-40-41-42-43-45-47-51(55)52-49(48-53)50(54)46-44-8-6-4-2/h12-13,15-16,18-19,49-50,53-54H,3-11,14,17,20-48H2,1-2H3,(H,52,55)/b13-12-,16-15-,19-18-. The van der Waals surface area contributed by atoms with Crippen molar-refractivity contribution in [2.45, 2.75) is 276 Å². The summed E-state index contributed by atoms with van der Waals surface area (Å²) < 4.78 is 0. The first-order chi connectivity index (χ1) is 27.2. The predicted molar refractivity (Wildman–Crippen MR) is 244 cm³/mol. The molecule has 55 heavy (non-hydrogen) atoms. The minimum atomic E-state index is -0.652. The predicted octanol–water partition coefficient (Wildman–Crippen LogP) is 15.7. The maximum atomic E-state index is 12.2. The lowest BCUT2D eigenvalue weighted by Gasteiger charge is -2.22. The topological polar surface area (TPSA) is 69.6 Å². The Labute approximate surface area is 344 Å². The summed E-state index contributed by atoms with van der Waals surface area (Å²) in [6, 6.07) is -0.529. The first kappa shape index (κ1) is 53.6. The average Bonchev–Trinajstić information content (AvgIpc) is 3.19. The van der Waals surface area contributed by atoms with Crippen molar-refractivity contribution in [2.24, 2.45) is 0 Å². The largest absolute Gasteiger partial charge is 0.394 e. The molecule has 0 saturated carbocycles. The summed E-state index contributed by atoms with van der Waals surface area (Å²) in [5.41, 5.74) is 0. The van der Waals surface area contributed by atoms with Crippen molar-refractivity contribution >= 4 is 5.91 Å². The van der Waals surface area contributed by atoms with Gasteiger partial charge in [-0.25, -0.2) is 0 Å². The van der Waals surface area contributed by atoms with Crippen LogP contribution in [0.25, 0.3) is 0 Å². The van der Waals surface area contributed by atoms with Gasteiger partial charge in [0.25, 0.3) is 0 Å². The van der Waals surface area contributed by atoms with Crippen LogP contribution in [-0.4, -0.2) is 34.9 Å². The number of allylic oxidation sites excluding steroid dienone is 6. The summed E-state index contributed by atoms with van der Waals surface area (Å²) in [4.78, 5) is 12.2. The second kappa shape index (κ2) is 47.0. The summed E-state index contributed by atoms with van der Waals surface area (Å²) in [6.45, 7) is 4.25. The van der Waals surface area contributed by atoms with Crippen molar-refractivity contribution in [3.05, 3.63) is 36.5 Å². The molecule has 0 rings (SSSR count). The smallest absolute Gasteiger partial charge is 0.220 e. The highest BCUT2D eigenvalue weighted by molar-refractivity contribution is 5.76. The van der Waals surface area contributed by atoms with Crippen LogP contribution < -0.4 is 5.32 Å². The molecule has 0 aromatic rings. The van der Waals surface area contributed by atoms with Crippen LogP contribution in [0.5, 0.6) is 0 Å². The SMILES string of the molecule is CCCCCCC/C=C\C/C=C\C/C=C\CCCCCCCCCCCCCCCCCCCCCCCCCCC(=O)NC(CO)C(O)CCCCCC. The van der Waals surface area contributed by atoms with Crippen LogP contribution in [0.3, 0.4) is 0 Å². The highest BCUT2D eigenvalue weighted by Gasteiger charge is 2.19. The number of unbranched alkanes of at least 4 members (excludes halogenated alkanes) is 32. The maximum absolute atomic E-state index is 12.2. The molecule has 2 unspecified atom stereocenters. The number of aliphatic hydroxyl groups excluding tert-OH is 2. The third-order valence-electron chi connectivity index (χ3n) is 11.4. The molecule has 0 heterocycles. The van der Waals surface area contributed by atoms with E-state index >= 15 is 0 Å². The zero-order valence-electron chi connectivity index (χ0n) is 37.2. The highest BCUT2D eigenvalue weighted by Crippen LogP contribution is 2.17. The number of nitrogens with one attached hydrogen (secondary N) is 1. The number of hydrogen-bond donors (Lipinski definition) is 3. The fourth-order valence-electron chi connectivity index (χ4n) is 7.60. The Bertz CT molecular complexity index is 836. The van der Waals surface area contributed by atoms with Gasteiger partial charge in [0.15, 0.2) is 0 Å². The molecule has 324 valence electrons. The third-order valence-corrected chi connectivity index (χ3v) is 11.4. The molecule has 0 spiro atoms. The molecule has 0 saturated heterocycles. The molecule has 0 aliphatic heterocycles. The Balaban J connectivity index is 3.30. The lowest BCUT2D eigenvalue weighted by molar-refractivity contribution is -0.123. The fourth-order valence-corrected chi connectivity index (χ4v) is 7.60. The molecule has 0 radical (unpaired) electrons. The van der Waals surface area contributed by atoms with E-state index in [1.54, 1.807) is 0 Å². The van der Waals surface area contributed by atoms with Crippen molar-refractivity contribution in [3.8, 4) is 0 Å². The van der Waals surface area contributed by atoms with Gasteiger partial charge in [0, 0.05) is 6.42 Å². The van der Waals surface area contributed by atoms with E-state index < -0.39 is 12.1 Å². The molecule has 4 heteroatoms. The van der Waals surface area contributed by atoms with Gasteiger partial charge in [-0.1, -0.05) is 243 Å². The monoisotopic (exact) mass is 772 g/mol. The zero-order chi connectivity index (χ0) is 40.0. The first-order valence-corrected chi connectivity index (χ1v) is 24.7. The fraction of sp³-hybridized carbons (Fsp3) is 0.863. The lowest BCUT2D eigenvalue weighted by Crippen LogP contribution is -2.45. The van der Waals surface area contributed by atoms with E-state index in [0.29, 0.717) is 12.8 Å². The number of amides is 1. The minimum absolute atomic E-state index is 0.0372. The van der Waals surface area contributed by atoms with Crippen molar-refractivity contribution in [2.75, 3.05) is 6.61 Å². The van der Waals surface area contributed by atoms with Gasteiger partial charge in [0.2, 0.25) is 5.91 Å². The second-order valence-corrected chi connectivity index (χ2v) is 16.9. The van der Waals surface area contributed by atoms with Crippen molar-refractivity contribution in [1.29, 1.82) is 0 Å². The van der Waals surface area contributed by atoms with Gasteiger partial charge in [-0.3, -0.25) is 4.79 Å². The molecule has 1 amide bonds. The third kappa shape index (κ3) is 43.6. The number of carbonyl (C=O) groups is 1. The van der Waals surface area contributed by atoms with Gasteiger partial charge >= 0.3 is 0 Å². The van der Waals surface area contributed by atoms with Gasteiger partial charge in [-0.05, 0) is 51.4 Å². The number of aliphatic hydroxyl groups is 2. The maximum Gasteiger partial charge on any atom is 0.220 e. The van der Waals surface area contributed by atoms with Crippen molar-refractivity contribution < 1.29 is 15.0 Å². The summed E-state index contributed by atoms with van der Waals surface area (Å²) in [6.07, 6.45) is 63.2. The molecular formula is C51H97NO3. The molecule has 3 N–H and O–H groups in total. The number of rotatable bonds is 45. The van der Waals surface area contributed by atoms with Gasteiger partial charge in [0.05, 0.1) is 18.8 Å². The molecule has 0 aliphatic carbocycles. The summed E-state index contributed by atoms with van der Waals surface area (Å²) >= 11 is 0. The number of carbonyl (C=O) groups excluding carboxylic acids is 1. The van der Waals surface area contributed by atoms with E-state index in [4.69, 9.17) is 0 Å². The van der Waals surface area contributed by atoms with Crippen molar-refractivity contribution in [1.82, 2.24) is 5.32 Å². The molecule has 4 nitrogen and oxygen atoms in total. The normalized spacial score (nSPS) is 13.2. The zero-order valence-corrected chi connectivity index (χ0v) is 37.2. The van der Waals surface area contributed by atoms with Crippen LogP contribution in [0.4, 0.5) is 0 Å². The number of hydrogen-bond acceptors (Lipinski definition) is 3. The van der Waals surface area contributed by atoms with Crippen LogP contribution in [-0.2, 0) is 4.79 Å². The molecule has 0 aliphatic rings. The summed E-state index contributed by atoms with van der Waals surface area (Å²) in [7, 11) is 0. The average molecular weight is 772 g/mol. The molecule has 0 fully saturated rings. The van der Waals surface area contributed by atoms with Gasteiger partial charge in [-0.2, -0.15) is 0 Å². The Morgan fingerprint density at radius 1 is 0.436 bits per heavy atom. The van der Waals surface area contributed by atoms with E-state index in [1.807, 2.05) is 0 Å². The van der Waals surface area contributed by atoms with Crippen LogP contribution in [0.1, 0.15) is 264 Å². The minimum Gasteiger partial charge on any atom is -0.394 e. The molecule has 0 aromatic carbocycles. The summed E-state index contributed by atoms with van der Waals surface area (Å²) in [5, 5.41) is 22.7. The highest BCUT2D eigenvalue weighted by atomic mass is 16.3. The molecule has 2 atom stereocenters.